The largest absolute Gasteiger partial charge is 0.477 e. The first-order chi connectivity index (χ1) is 17.0. The Hall–Kier alpha value is -3.49. The SMILES string of the molecule is Cl.O=C(O)c1cn(C2CC2)c2nc(N3CCN(Cc4cccc5ccccc45)CC3)c(F)cc2c1=O. The minimum Gasteiger partial charge on any atom is -0.477 e. The molecule has 3 heterocycles. The van der Waals surface area contributed by atoms with E-state index >= 15 is 4.39 Å². The van der Waals surface area contributed by atoms with E-state index in [1.807, 2.05) is 11.0 Å². The molecule has 186 valence electrons. The Morgan fingerprint density at radius 2 is 1.75 bits per heavy atom. The topological polar surface area (TPSA) is 78.7 Å². The fourth-order valence-corrected chi connectivity index (χ4v) is 5.03. The fraction of sp³-hybridized carbons (Fsp3) is 0.296. The van der Waals surface area contributed by atoms with Crippen LogP contribution in [0.25, 0.3) is 21.8 Å². The minimum atomic E-state index is -1.31. The van der Waals surface area contributed by atoms with E-state index in [1.165, 1.54) is 22.5 Å². The first-order valence-electron chi connectivity index (χ1n) is 11.9. The Bertz CT molecular complexity index is 1520. The number of fused-ring (bicyclic) bond motifs is 2. The number of piperazine rings is 1. The number of halogens is 2. The Balaban J connectivity index is 0.00000267. The molecule has 0 spiro atoms. The second-order valence-corrected chi connectivity index (χ2v) is 9.38. The van der Waals surface area contributed by atoms with Crippen LogP contribution in [0.4, 0.5) is 10.2 Å². The van der Waals surface area contributed by atoms with Crippen molar-refractivity contribution in [2.75, 3.05) is 31.1 Å². The monoisotopic (exact) mass is 508 g/mol. The van der Waals surface area contributed by atoms with Crippen molar-refractivity contribution in [3.63, 3.8) is 0 Å². The lowest BCUT2D eigenvalue weighted by Crippen LogP contribution is -2.46. The lowest BCUT2D eigenvalue weighted by atomic mass is 10.0. The third-order valence-electron chi connectivity index (χ3n) is 7.06. The summed E-state index contributed by atoms with van der Waals surface area (Å²) in [7, 11) is 0. The van der Waals surface area contributed by atoms with Gasteiger partial charge in [0.05, 0.1) is 5.39 Å². The average Bonchev–Trinajstić information content (AvgIpc) is 3.70. The van der Waals surface area contributed by atoms with Crippen LogP contribution in [0.15, 0.2) is 59.5 Å². The van der Waals surface area contributed by atoms with E-state index in [0.29, 0.717) is 18.7 Å². The second-order valence-electron chi connectivity index (χ2n) is 9.38. The van der Waals surface area contributed by atoms with E-state index < -0.39 is 17.2 Å². The predicted molar refractivity (Wildman–Crippen MR) is 140 cm³/mol. The molecule has 2 aromatic heterocycles. The number of anilines is 1. The maximum atomic E-state index is 15.2. The van der Waals surface area contributed by atoms with E-state index in [9.17, 15) is 14.7 Å². The molecule has 2 aromatic carbocycles. The molecule has 0 atom stereocenters. The van der Waals surface area contributed by atoms with Crippen LogP contribution in [0, 0.1) is 5.82 Å². The number of hydrogen-bond donors (Lipinski definition) is 1. The summed E-state index contributed by atoms with van der Waals surface area (Å²) < 4.78 is 16.9. The summed E-state index contributed by atoms with van der Waals surface area (Å²) in [4.78, 5) is 33.1. The molecule has 1 aliphatic carbocycles. The van der Waals surface area contributed by atoms with Crippen LogP contribution in [0.1, 0.15) is 34.8 Å². The zero-order valence-electron chi connectivity index (χ0n) is 19.6. The lowest BCUT2D eigenvalue weighted by molar-refractivity contribution is 0.0695. The number of benzene rings is 2. The average molecular weight is 509 g/mol. The summed E-state index contributed by atoms with van der Waals surface area (Å²) in [6, 6.07) is 16.0. The number of carboxylic acid groups (broad SMARTS) is 1. The first kappa shape index (κ1) is 24.2. The summed E-state index contributed by atoms with van der Waals surface area (Å²) >= 11 is 0. The van der Waals surface area contributed by atoms with Crippen LogP contribution in [0.3, 0.4) is 0 Å². The van der Waals surface area contributed by atoms with Gasteiger partial charge in [0, 0.05) is 45.0 Å². The number of aromatic carboxylic acids is 1. The summed E-state index contributed by atoms with van der Waals surface area (Å²) in [5.74, 6) is -1.68. The van der Waals surface area contributed by atoms with Gasteiger partial charge in [0.25, 0.3) is 0 Å². The second kappa shape index (κ2) is 9.52. The van der Waals surface area contributed by atoms with Crippen LogP contribution in [0.2, 0.25) is 0 Å². The predicted octanol–water partition coefficient (Wildman–Crippen LogP) is 4.47. The Labute approximate surface area is 213 Å². The third kappa shape index (κ3) is 4.31. The Kier molecular flexibility index (Phi) is 6.40. The molecule has 1 saturated heterocycles. The fourth-order valence-electron chi connectivity index (χ4n) is 5.03. The third-order valence-corrected chi connectivity index (χ3v) is 7.06. The van der Waals surface area contributed by atoms with Crippen molar-refractivity contribution < 1.29 is 14.3 Å². The molecule has 2 aliphatic rings. The van der Waals surface area contributed by atoms with Gasteiger partial charge in [0.2, 0.25) is 5.43 Å². The molecule has 4 aromatic rings. The van der Waals surface area contributed by atoms with Crippen molar-refractivity contribution in [1.82, 2.24) is 14.5 Å². The standard InChI is InChI=1S/C27H25FN4O3.ClH/c28-23-14-21-24(33)22(27(34)35)16-32(19-8-9-19)25(21)29-26(23)31-12-10-30(11-13-31)15-18-6-3-5-17-4-1-2-7-20(17)18;/h1-7,14,16,19H,8-13,15H2,(H,34,35);1H. The molecule has 0 unspecified atom stereocenters. The minimum absolute atomic E-state index is 0. The number of pyridine rings is 2. The molecule has 0 amide bonds. The maximum absolute atomic E-state index is 15.2. The summed E-state index contributed by atoms with van der Waals surface area (Å²) in [6.07, 6.45) is 3.14. The number of hydrogen-bond acceptors (Lipinski definition) is 5. The van der Waals surface area contributed by atoms with Gasteiger partial charge < -0.3 is 14.6 Å². The van der Waals surface area contributed by atoms with Crippen molar-refractivity contribution in [2.24, 2.45) is 0 Å². The summed E-state index contributed by atoms with van der Waals surface area (Å²) in [5, 5.41) is 11.9. The van der Waals surface area contributed by atoms with Crippen molar-refractivity contribution in [3.05, 3.63) is 81.9 Å². The van der Waals surface area contributed by atoms with Gasteiger partial charge in [-0.05, 0) is 35.2 Å². The van der Waals surface area contributed by atoms with Gasteiger partial charge in [-0.2, -0.15) is 0 Å². The zero-order valence-corrected chi connectivity index (χ0v) is 20.4. The molecule has 6 rings (SSSR count). The molecule has 1 saturated carbocycles. The van der Waals surface area contributed by atoms with E-state index in [2.05, 4.69) is 46.3 Å². The Morgan fingerprint density at radius 3 is 2.47 bits per heavy atom. The molecule has 1 aliphatic heterocycles. The highest BCUT2D eigenvalue weighted by Crippen LogP contribution is 2.37. The number of nitrogens with zero attached hydrogens (tertiary/aromatic N) is 4. The van der Waals surface area contributed by atoms with Crippen LogP contribution in [-0.4, -0.2) is 51.7 Å². The zero-order chi connectivity index (χ0) is 24.1. The van der Waals surface area contributed by atoms with E-state index in [0.717, 1.165) is 38.5 Å². The lowest BCUT2D eigenvalue weighted by Gasteiger charge is -2.35. The van der Waals surface area contributed by atoms with Crippen molar-refractivity contribution >= 4 is 46.0 Å². The first-order valence-corrected chi connectivity index (χ1v) is 11.9. The summed E-state index contributed by atoms with van der Waals surface area (Å²) in [6.45, 7) is 3.57. The van der Waals surface area contributed by atoms with Crippen molar-refractivity contribution in [3.8, 4) is 0 Å². The van der Waals surface area contributed by atoms with Gasteiger partial charge in [-0.15, -0.1) is 12.4 Å². The van der Waals surface area contributed by atoms with Crippen molar-refractivity contribution in [1.29, 1.82) is 0 Å². The number of carboxylic acids is 1. The molecule has 1 N–H and O–H groups in total. The van der Waals surface area contributed by atoms with Gasteiger partial charge in [0.15, 0.2) is 11.6 Å². The molecular formula is C27H26ClFN4O3. The van der Waals surface area contributed by atoms with E-state index in [4.69, 9.17) is 0 Å². The molecule has 7 nitrogen and oxygen atoms in total. The van der Waals surface area contributed by atoms with Gasteiger partial charge in [0.1, 0.15) is 11.2 Å². The van der Waals surface area contributed by atoms with Gasteiger partial charge >= 0.3 is 5.97 Å². The molecule has 2 fully saturated rings. The highest BCUT2D eigenvalue weighted by Gasteiger charge is 2.29. The van der Waals surface area contributed by atoms with Crippen LogP contribution >= 0.6 is 12.4 Å². The maximum Gasteiger partial charge on any atom is 0.341 e. The number of carbonyl (C=O) groups is 1. The molecule has 0 bridgehead atoms. The van der Waals surface area contributed by atoms with E-state index in [-0.39, 0.29) is 35.2 Å². The van der Waals surface area contributed by atoms with Crippen LogP contribution < -0.4 is 10.3 Å². The smallest absolute Gasteiger partial charge is 0.341 e. The summed E-state index contributed by atoms with van der Waals surface area (Å²) in [5.41, 5.74) is 0.592. The molecule has 9 heteroatoms. The van der Waals surface area contributed by atoms with Crippen LogP contribution in [-0.2, 0) is 6.54 Å². The van der Waals surface area contributed by atoms with Gasteiger partial charge in [-0.25, -0.2) is 14.2 Å². The quantitative estimate of drug-likeness (QED) is 0.428. The van der Waals surface area contributed by atoms with Gasteiger partial charge in [-0.1, -0.05) is 42.5 Å². The number of rotatable bonds is 5. The van der Waals surface area contributed by atoms with E-state index in [1.54, 1.807) is 4.57 Å². The van der Waals surface area contributed by atoms with Gasteiger partial charge in [-0.3, -0.25) is 9.69 Å². The van der Waals surface area contributed by atoms with Crippen molar-refractivity contribution in [2.45, 2.75) is 25.4 Å². The highest BCUT2D eigenvalue weighted by molar-refractivity contribution is 5.92. The molecule has 36 heavy (non-hydrogen) atoms. The molecule has 0 radical (unpaired) electrons. The molecular weight excluding hydrogens is 483 g/mol. The highest BCUT2D eigenvalue weighted by atomic mass is 35.5. The van der Waals surface area contributed by atoms with Crippen LogP contribution in [0.5, 0.6) is 0 Å². The Morgan fingerprint density at radius 1 is 1.03 bits per heavy atom. The normalized spacial score (nSPS) is 16.3. The number of aromatic nitrogens is 2.